The Kier molecular flexibility index (Phi) is 9.45. The third-order valence-corrected chi connectivity index (χ3v) is 3.59. The van der Waals surface area contributed by atoms with Crippen molar-refractivity contribution < 1.29 is 19.4 Å². The minimum absolute atomic E-state index is 0.513. The monoisotopic (exact) mass is 318 g/mol. The molecule has 0 saturated heterocycles. The zero-order chi connectivity index (χ0) is 16.9. The SMILES string of the molecule is CCCCCCCCCc1ccccc1OC(=O)/C=C\C(=O)O. The van der Waals surface area contributed by atoms with Crippen molar-refractivity contribution in [2.45, 2.75) is 58.3 Å². The van der Waals surface area contributed by atoms with Crippen molar-refractivity contribution in [1.29, 1.82) is 0 Å². The van der Waals surface area contributed by atoms with Gasteiger partial charge in [-0.05, 0) is 24.5 Å². The van der Waals surface area contributed by atoms with Crippen LogP contribution in [0.3, 0.4) is 0 Å². The van der Waals surface area contributed by atoms with Crippen molar-refractivity contribution in [3.8, 4) is 5.75 Å². The lowest BCUT2D eigenvalue weighted by atomic mass is 10.0. The van der Waals surface area contributed by atoms with E-state index in [4.69, 9.17) is 9.84 Å². The first-order chi connectivity index (χ1) is 11.1. The molecule has 0 saturated carbocycles. The van der Waals surface area contributed by atoms with Crippen LogP contribution in [0.25, 0.3) is 0 Å². The predicted molar refractivity (Wildman–Crippen MR) is 90.5 cm³/mol. The number of hydrogen-bond donors (Lipinski definition) is 1. The fourth-order valence-electron chi connectivity index (χ4n) is 2.36. The van der Waals surface area contributed by atoms with Crippen molar-refractivity contribution in [1.82, 2.24) is 0 Å². The number of para-hydroxylation sites is 1. The number of ether oxygens (including phenoxy) is 1. The summed E-state index contributed by atoms with van der Waals surface area (Å²) >= 11 is 0. The number of rotatable bonds is 11. The summed E-state index contributed by atoms with van der Waals surface area (Å²) in [6.07, 6.45) is 11.2. The Balaban J connectivity index is 2.41. The van der Waals surface area contributed by atoms with Gasteiger partial charge in [0.15, 0.2) is 0 Å². The summed E-state index contributed by atoms with van der Waals surface area (Å²) < 4.78 is 5.22. The summed E-state index contributed by atoms with van der Waals surface area (Å²) in [6.45, 7) is 2.21. The molecule has 1 aromatic carbocycles. The second-order valence-corrected chi connectivity index (χ2v) is 5.57. The van der Waals surface area contributed by atoms with E-state index in [9.17, 15) is 9.59 Å². The number of benzene rings is 1. The number of unbranched alkanes of at least 4 members (excludes halogenated alkanes) is 6. The predicted octanol–water partition coefficient (Wildman–Crippen LogP) is 4.53. The molecular formula is C19H26O4. The smallest absolute Gasteiger partial charge is 0.336 e. The number of aryl methyl sites for hydroxylation is 1. The minimum Gasteiger partial charge on any atom is -0.478 e. The fraction of sp³-hybridized carbons (Fsp3) is 0.474. The first-order valence-corrected chi connectivity index (χ1v) is 8.34. The van der Waals surface area contributed by atoms with E-state index in [0.717, 1.165) is 30.6 Å². The molecular weight excluding hydrogens is 292 g/mol. The molecule has 1 rings (SSSR count). The molecule has 1 aromatic rings. The van der Waals surface area contributed by atoms with Crippen molar-refractivity contribution in [3.05, 3.63) is 42.0 Å². The summed E-state index contributed by atoms with van der Waals surface area (Å²) in [6, 6.07) is 7.41. The van der Waals surface area contributed by atoms with Gasteiger partial charge >= 0.3 is 11.9 Å². The third kappa shape index (κ3) is 8.81. The Bertz CT molecular complexity index is 520. The fourth-order valence-corrected chi connectivity index (χ4v) is 2.36. The van der Waals surface area contributed by atoms with Gasteiger partial charge in [-0.2, -0.15) is 0 Å². The van der Waals surface area contributed by atoms with Crippen LogP contribution in [-0.2, 0) is 16.0 Å². The van der Waals surface area contributed by atoms with E-state index in [1.807, 2.05) is 12.1 Å². The maximum Gasteiger partial charge on any atom is 0.336 e. The average Bonchev–Trinajstić information content (AvgIpc) is 2.53. The van der Waals surface area contributed by atoms with Crippen LogP contribution < -0.4 is 4.74 Å². The number of aliphatic carboxylic acids is 1. The molecule has 0 heterocycles. The number of esters is 1. The third-order valence-electron chi connectivity index (χ3n) is 3.59. The van der Waals surface area contributed by atoms with E-state index >= 15 is 0 Å². The molecule has 126 valence electrons. The summed E-state index contributed by atoms with van der Waals surface area (Å²) in [5.41, 5.74) is 0.984. The Labute approximate surface area is 138 Å². The van der Waals surface area contributed by atoms with Gasteiger partial charge in [0.05, 0.1) is 0 Å². The van der Waals surface area contributed by atoms with Crippen LogP contribution in [0.2, 0.25) is 0 Å². The maximum atomic E-state index is 11.6. The molecule has 0 spiro atoms. The Morgan fingerprint density at radius 1 is 1.00 bits per heavy atom. The number of carboxylic acids is 1. The Morgan fingerprint density at radius 2 is 1.65 bits per heavy atom. The number of carbonyl (C=O) groups excluding carboxylic acids is 1. The molecule has 23 heavy (non-hydrogen) atoms. The zero-order valence-corrected chi connectivity index (χ0v) is 13.8. The minimum atomic E-state index is -1.17. The van der Waals surface area contributed by atoms with Gasteiger partial charge in [-0.3, -0.25) is 0 Å². The van der Waals surface area contributed by atoms with Gasteiger partial charge in [-0.1, -0.05) is 63.6 Å². The lowest BCUT2D eigenvalue weighted by molar-refractivity contribution is -0.133. The molecule has 0 aliphatic carbocycles. The van der Waals surface area contributed by atoms with E-state index in [0.29, 0.717) is 5.75 Å². The number of carbonyl (C=O) groups is 2. The molecule has 1 N–H and O–H groups in total. The molecule has 0 bridgehead atoms. The van der Waals surface area contributed by atoms with E-state index in [2.05, 4.69) is 6.92 Å². The van der Waals surface area contributed by atoms with E-state index in [1.54, 1.807) is 12.1 Å². The summed E-state index contributed by atoms with van der Waals surface area (Å²) in [5.74, 6) is -1.32. The molecule has 0 radical (unpaired) electrons. The van der Waals surface area contributed by atoms with Gasteiger partial charge in [0.25, 0.3) is 0 Å². The van der Waals surface area contributed by atoms with Crippen LogP contribution in [0, 0.1) is 0 Å². The normalized spacial score (nSPS) is 10.8. The highest BCUT2D eigenvalue weighted by atomic mass is 16.5. The van der Waals surface area contributed by atoms with Gasteiger partial charge in [-0.25, -0.2) is 9.59 Å². The summed E-state index contributed by atoms with van der Waals surface area (Å²) in [5, 5.41) is 8.51. The highest BCUT2D eigenvalue weighted by molar-refractivity contribution is 5.91. The molecule has 0 aliphatic heterocycles. The quantitative estimate of drug-likeness (QED) is 0.282. The molecule has 0 fully saturated rings. The molecule has 0 aromatic heterocycles. The highest BCUT2D eigenvalue weighted by Crippen LogP contribution is 2.21. The van der Waals surface area contributed by atoms with Crippen molar-refractivity contribution in [2.24, 2.45) is 0 Å². The highest BCUT2D eigenvalue weighted by Gasteiger charge is 2.07. The van der Waals surface area contributed by atoms with Crippen molar-refractivity contribution in [3.63, 3.8) is 0 Å². The molecule has 4 heteroatoms. The van der Waals surface area contributed by atoms with Crippen LogP contribution in [0.5, 0.6) is 5.75 Å². The van der Waals surface area contributed by atoms with E-state index in [-0.39, 0.29) is 0 Å². The lowest BCUT2D eigenvalue weighted by Crippen LogP contribution is -2.06. The second kappa shape index (κ2) is 11.5. The van der Waals surface area contributed by atoms with E-state index in [1.165, 1.54) is 38.5 Å². The maximum absolute atomic E-state index is 11.6. The van der Waals surface area contributed by atoms with Gasteiger partial charge in [-0.15, -0.1) is 0 Å². The van der Waals surface area contributed by atoms with Gasteiger partial charge in [0.1, 0.15) is 5.75 Å². The molecule has 0 unspecified atom stereocenters. The van der Waals surface area contributed by atoms with Crippen LogP contribution in [0.4, 0.5) is 0 Å². The van der Waals surface area contributed by atoms with Gasteiger partial charge in [0, 0.05) is 12.2 Å². The van der Waals surface area contributed by atoms with Crippen LogP contribution >= 0.6 is 0 Å². The molecule has 4 nitrogen and oxygen atoms in total. The largest absolute Gasteiger partial charge is 0.478 e. The van der Waals surface area contributed by atoms with Crippen molar-refractivity contribution >= 4 is 11.9 Å². The van der Waals surface area contributed by atoms with E-state index < -0.39 is 11.9 Å². The number of hydrogen-bond acceptors (Lipinski definition) is 3. The first kappa shape index (κ1) is 18.9. The molecule has 0 amide bonds. The lowest BCUT2D eigenvalue weighted by Gasteiger charge is -2.08. The van der Waals surface area contributed by atoms with Gasteiger partial charge < -0.3 is 9.84 Å². The van der Waals surface area contributed by atoms with Gasteiger partial charge in [0.2, 0.25) is 0 Å². The standard InChI is InChI=1S/C19H26O4/c1-2-3-4-5-6-7-8-11-16-12-9-10-13-17(16)23-19(22)15-14-18(20)21/h9-10,12-15H,2-8,11H2,1H3,(H,20,21)/b15-14-. The second-order valence-electron chi connectivity index (χ2n) is 5.57. The zero-order valence-electron chi connectivity index (χ0n) is 13.8. The topological polar surface area (TPSA) is 63.6 Å². The summed E-state index contributed by atoms with van der Waals surface area (Å²) in [7, 11) is 0. The van der Waals surface area contributed by atoms with Crippen LogP contribution in [-0.4, -0.2) is 17.0 Å². The molecule has 0 aliphatic rings. The first-order valence-electron chi connectivity index (χ1n) is 8.34. The number of carboxylic acid groups (broad SMARTS) is 1. The average molecular weight is 318 g/mol. The Morgan fingerprint density at radius 3 is 2.35 bits per heavy atom. The Hall–Kier alpha value is -2.10. The van der Waals surface area contributed by atoms with Crippen LogP contribution in [0.1, 0.15) is 57.4 Å². The van der Waals surface area contributed by atoms with Crippen LogP contribution in [0.15, 0.2) is 36.4 Å². The molecule has 0 atom stereocenters. The van der Waals surface area contributed by atoms with Crippen molar-refractivity contribution in [2.75, 3.05) is 0 Å². The summed E-state index contributed by atoms with van der Waals surface area (Å²) in [4.78, 5) is 22.0.